The van der Waals surface area contributed by atoms with E-state index in [-0.39, 0.29) is 5.60 Å². The highest BCUT2D eigenvalue weighted by Crippen LogP contribution is 2.30. The molecule has 0 aliphatic heterocycles. The Kier molecular flexibility index (Phi) is 3.40. The number of benzene rings is 1. The van der Waals surface area contributed by atoms with Gasteiger partial charge in [0.25, 0.3) is 0 Å². The molecule has 0 atom stereocenters. The van der Waals surface area contributed by atoms with Crippen LogP contribution in [0.3, 0.4) is 0 Å². The molecule has 0 saturated heterocycles. The van der Waals surface area contributed by atoms with Crippen molar-refractivity contribution >= 4 is 16.6 Å². The SMILES string of the molecule is Cc1cc(N(C)C)c2cc(OC(C)(C)C)ccc2n1. The van der Waals surface area contributed by atoms with Gasteiger partial charge in [0.1, 0.15) is 11.4 Å². The molecule has 0 unspecified atom stereocenters. The van der Waals surface area contributed by atoms with E-state index in [0.717, 1.165) is 22.3 Å². The Bertz CT molecular complexity index is 597. The highest BCUT2D eigenvalue weighted by molar-refractivity contribution is 5.92. The fourth-order valence-corrected chi connectivity index (χ4v) is 2.10. The van der Waals surface area contributed by atoms with Gasteiger partial charge >= 0.3 is 0 Å². The van der Waals surface area contributed by atoms with Crippen LogP contribution in [0.1, 0.15) is 26.5 Å². The van der Waals surface area contributed by atoms with Crippen LogP contribution < -0.4 is 9.64 Å². The summed E-state index contributed by atoms with van der Waals surface area (Å²) in [6.07, 6.45) is 0. The van der Waals surface area contributed by atoms with E-state index in [1.54, 1.807) is 0 Å². The number of aryl methyl sites for hydroxylation is 1. The monoisotopic (exact) mass is 258 g/mol. The van der Waals surface area contributed by atoms with Crippen LogP contribution in [0.2, 0.25) is 0 Å². The van der Waals surface area contributed by atoms with Crippen molar-refractivity contribution in [3.63, 3.8) is 0 Å². The lowest BCUT2D eigenvalue weighted by Crippen LogP contribution is -2.22. The predicted molar refractivity (Wildman–Crippen MR) is 81.2 cm³/mol. The highest BCUT2D eigenvalue weighted by Gasteiger charge is 2.13. The molecule has 3 heteroatoms. The topological polar surface area (TPSA) is 25.4 Å². The molecule has 1 aromatic carbocycles. The van der Waals surface area contributed by atoms with Gasteiger partial charge in [-0.25, -0.2) is 0 Å². The number of hydrogen-bond donors (Lipinski definition) is 0. The Morgan fingerprint density at radius 3 is 2.37 bits per heavy atom. The molecule has 0 aliphatic carbocycles. The second kappa shape index (κ2) is 4.72. The van der Waals surface area contributed by atoms with E-state index >= 15 is 0 Å². The summed E-state index contributed by atoms with van der Waals surface area (Å²) < 4.78 is 5.93. The van der Waals surface area contributed by atoms with Crippen LogP contribution in [-0.2, 0) is 0 Å². The van der Waals surface area contributed by atoms with E-state index in [4.69, 9.17) is 4.74 Å². The van der Waals surface area contributed by atoms with E-state index in [1.807, 2.05) is 33.2 Å². The molecular formula is C16H22N2O. The van der Waals surface area contributed by atoms with Crippen molar-refractivity contribution in [2.45, 2.75) is 33.3 Å². The molecule has 0 aliphatic rings. The second-order valence-electron chi connectivity index (χ2n) is 6.07. The number of ether oxygens (including phenoxy) is 1. The van der Waals surface area contributed by atoms with Crippen LogP contribution in [-0.4, -0.2) is 24.7 Å². The van der Waals surface area contributed by atoms with Crippen molar-refractivity contribution in [3.8, 4) is 5.75 Å². The number of anilines is 1. The van der Waals surface area contributed by atoms with Crippen LogP contribution >= 0.6 is 0 Å². The average Bonchev–Trinajstić information content (AvgIpc) is 2.26. The zero-order valence-corrected chi connectivity index (χ0v) is 12.6. The van der Waals surface area contributed by atoms with Gasteiger partial charge in [-0.2, -0.15) is 0 Å². The molecule has 0 N–H and O–H groups in total. The van der Waals surface area contributed by atoms with E-state index in [9.17, 15) is 0 Å². The zero-order chi connectivity index (χ0) is 14.2. The largest absolute Gasteiger partial charge is 0.488 e. The molecule has 102 valence electrons. The van der Waals surface area contributed by atoms with E-state index in [2.05, 4.69) is 42.8 Å². The number of pyridine rings is 1. The number of aromatic nitrogens is 1. The van der Waals surface area contributed by atoms with Crippen LogP contribution in [0.15, 0.2) is 24.3 Å². The van der Waals surface area contributed by atoms with Crippen LogP contribution in [0.25, 0.3) is 10.9 Å². The van der Waals surface area contributed by atoms with Crippen molar-refractivity contribution in [1.82, 2.24) is 4.98 Å². The summed E-state index contributed by atoms with van der Waals surface area (Å²) in [5.74, 6) is 0.883. The van der Waals surface area contributed by atoms with Crippen molar-refractivity contribution in [2.75, 3.05) is 19.0 Å². The Balaban J connectivity index is 2.57. The van der Waals surface area contributed by atoms with Gasteiger partial charge in [0.2, 0.25) is 0 Å². The number of nitrogens with zero attached hydrogens (tertiary/aromatic N) is 2. The normalized spacial score (nSPS) is 11.7. The van der Waals surface area contributed by atoms with Crippen molar-refractivity contribution in [2.24, 2.45) is 0 Å². The molecular weight excluding hydrogens is 236 g/mol. The van der Waals surface area contributed by atoms with E-state index in [0.29, 0.717) is 0 Å². The minimum Gasteiger partial charge on any atom is -0.488 e. The first kappa shape index (κ1) is 13.7. The van der Waals surface area contributed by atoms with Crippen LogP contribution in [0.5, 0.6) is 5.75 Å². The average molecular weight is 258 g/mol. The van der Waals surface area contributed by atoms with Crippen molar-refractivity contribution in [3.05, 3.63) is 30.0 Å². The zero-order valence-electron chi connectivity index (χ0n) is 12.6. The second-order valence-corrected chi connectivity index (χ2v) is 6.07. The molecule has 0 fully saturated rings. The first-order valence-electron chi connectivity index (χ1n) is 6.54. The van der Waals surface area contributed by atoms with E-state index in [1.165, 1.54) is 5.69 Å². The number of hydrogen-bond acceptors (Lipinski definition) is 3. The van der Waals surface area contributed by atoms with Gasteiger partial charge in [0.05, 0.1) is 5.52 Å². The molecule has 0 amide bonds. The smallest absolute Gasteiger partial charge is 0.120 e. The van der Waals surface area contributed by atoms with Gasteiger partial charge in [-0.3, -0.25) is 4.98 Å². The standard InChI is InChI=1S/C16H22N2O/c1-11-9-15(18(5)6)13-10-12(19-16(2,3)4)7-8-14(13)17-11/h7-10H,1-6H3. The highest BCUT2D eigenvalue weighted by atomic mass is 16.5. The van der Waals surface area contributed by atoms with Crippen LogP contribution in [0, 0.1) is 6.92 Å². The third-order valence-electron chi connectivity index (χ3n) is 2.79. The van der Waals surface area contributed by atoms with Gasteiger partial charge in [-0.15, -0.1) is 0 Å². The summed E-state index contributed by atoms with van der Waals surface area (Å²) in [5.41, 5.74) is 3.01. The Morgan fingerprint density at radius 1 is 1.11 bits per heavy atom. The van der Waals surface area contributed by atoms with Crippen LogP contribution in [0.4, 0.5) is 5.69 Å². The van der Waals surface area contributed by atoms with Gasteiger partial charge in [0.15, 0.2) is 0 Å². The van der Waals surface area contributed by atoms with Crippen molar-refractivity contribution < 1.29 is 4.74 Å². The first-order valence-corrected chi connectivity index (χ1v) is 6.54. The summed E-state index contributed by atoms with van der Waals surface area (Å²) in [5, 5.41) is 1.12. The quantitative estimate of drug-likeness (QED) is 0.819. The maximum atomic E-state index is 5.93. The fraction of sp³-hybridized carbons (Fsp3) is 0.438. The molecule has 2 rings (SSSR count). The lowest BCUT2D eigenvalue weighted by atomic mass is 10.1. The third-order valence-corrected chi connectivity index (χ3v) is 2.79. The Labute approximate surface area is 115 Å². The maximum absolute atomic E-state index is 5.93. The number of fused-ring (bicyclic) bond motifs is 1. The summed E-state index contributed by atoms with van der Waals surface area (Å²) in [7, 11) is 4.09. The summed E-state index contributed by atoms with van der Waals surface area (Å²) in [6.45, 7) is 8.18. The minimum absolute atomic E-state index is 0.190. The predicted octanol–water partition coefficient (Wildman–Crippen LogP) is 3.79. The maximum Gasteiger partial charge on any atom is 0.120 e. The molecule has 0 radical (unpaired) electrons. The summed E-state index contributed by atoms with van der Waals surface area (Å²) in [4.78, 5) is 6.68. The molecule has 19 heavy (non-hydrogen) atoms. The minimum atomic E-state index is -0.190. The Hall–Kier alpha value is -1.77. The molecule has 0 spiro atoms. The van der Waals surface area contributed by atoms with E-state index < -0.39 is 0 Å². The van der Waals surface area contributed by atoms with Crippen molar-refractivity contribution in [1.29, 1.82) is 0 Å². The van der Waals surface area contributed by atoms with Gasteiger partial charge in [0, 0.05) is 30.9 Å². The first-order chi connectivity index (χ1) is 8.76. The number of rotatable bonds is 2. The van der Waals surface area contributed by atoms with Gasteiger partial charge in [-0.05, 0) is 52.0 Å². The lowest BCUT2D eigenvalue weighted by molar-refractivity contribution is 0.131. The van der Waals surface area contributed by atoms with Gasteiger partial charge in [-0.1, -0.05) is 0 Å². The lowest BCUT2D eigenvalue weighted by Gasteiger charge is -2.22. The molecule has 1 aromatic heterocycles. The molecule has 0 saturated carbocycles. The molecule has 0 bridgehead atoms. The third kappa shape index (κ3) is 3.16. The summed E-state index contributed by atoms with van der Waals surface area (Å²) in [6, 6.07) is 8.18. The Morgan fingerprint density at radius 2 is 1.79 bits per heavy atom. The molecule has 2 aromatic rings. The summed E-state index contributed by atoms with van der Waals surface area (Å²) >= 11 is 0. The molecule has 1 heterocycles. The van der Waals surface area contributed by atoms with Gasteiger partial charge < -0.3 is 9.64 Å². The molecule has 3 nitrogen and oxygen atoms in total. The fourth-order valence-electron chi connectivity index (χ4n) is 2.10.